The molecule has 5 nitrogen and oxygen atoms in total. The van der Waals surface area contributed by atoms with Crippen molar-refractivity contribution >= 4 is 36.7 Å². The Hall–Kier alpha value is -2.12. The molecule has 0 fully saturated rings. The standard InChI is InChI=1S/C14H12N2O3S2/c1-9-2-7-12-13(8-9)20-14(15-12)16-21(18,19)11-5-3-10(17)4-6-11/h2-8,17H,1H3,(H,15,16). The van der Waals surface area contributed by atoms with Crippen molar-refractivity contribution < 1.29 is 13.5 Å². The summed E-state index contributed by atoms with van der Waals surface area (Å²) < 4.78 is 27.9. The van der Waals surface area contributed by atoms with Crippen molar-refractivity contribution in [2.45, 2.75) is 11.8 Å². The molecule has 3 aromatic rings. The first-order chi connectivity index (χ1) is 9.94. The van der Waals surface area contributed by atoms with E-state index in [0.29, 0.717) is 5.13 Å². The highest BCUT2D eigenvalue weighted by atomic mass is 32.2. The maximum Gasteiger partial charge on any atom is 0.263 e. The molecule has 1 heterocycles. The Kier molecular flexibility index (Phi) is 3.30. The van der Waals surface area contributed by atoms with E-state index in [-0.39, 0.29) is 10.6 Å². The SMILES string of the molecule is Cc1ccc2nc(NS(=O)(=O)c3ccc(O)cc3)sc2c1. The lowest BCUT2D eigenvalue weighted by atomic mass is 10.2. The highest BCUT2D eigenvalue weighted by Gasteiger charge is 2.16. The van der Waals surface area contributed by atoms with Gasteiger partial charge in [0.1, 0.15) is 5.75 Å². The molecule has 0 aliphatic rings. The fourth-order valence-electron chi connectivity index (χ4n) is 1.87. The summed E-state index contributed by atoms with van der Waals surface area (Å²) in [5, 5.41) is 9.53. The smallest absolute Gasteiger partial charge is 0.263 e. The van der Waals surface area contributed by atoms with Gasteiger partial charge in [0.15, 0.2) is 5.13 Å². The van der Waals surface area contributed by atoms with Crippen molar-refractivity contribution in [2.24, 2.45) is 0 Å². The van der Waals surface area contributed by atoms with Crippen molar-refractivity contribution in [3.63, 3.8) is 0 Å². The molecule has 1 aromatic heterocycles. The van der Waals surface area contributed by atoms with Gasteiger partial charge < -0.3 is 5.11 Å². The number of nitrogens with one attached hydrogen (secondary N) is 1. The van der Waals surface area contributed by atoms with E-state index in [0.717, 1.165) is 15.8 Å². The first-order valence-electron chi connectivity index (χ1n) is 6.13. The Morgan fingerprint density at radius 2 is 1.86 bits per heavy atom. The van der Waals surface area contributed by atoms with E-state index in [9.17, 15) is 13.5 Å². The molecule has 2 aromatic carbocycles. The lowest BCUT2D eigenvalue weighted by Gasteiger charge is -2.04. The Bertz CT molecular complexity index is 900. The molecule has 0 bridgehead atoms. The van der Waals surface area contributed by atoms with Gasteiger partial charge in [0.05, 0.1) is 15.1 Å². The Morgan fingerprint density at radius 3 is 2.57 bits per heavy atom. The second-order valence-electron chi connectivity index (χ2n) is 4.59. The monoisotopic (exact) mass is 320 g/mol. The highest BCUT2D eigenvalue weighted by molar-refractivity contribution is 7.93. The number of thiazole rings is 1. The second kappa shape index (κ2) is 5.01. The Balaban J connectivity index is 1.95. The minimum Gasteiger partial charge on any atom is -0.508 e. The number of fused-ring (bicyclic) bond motifs is 1. The van der Waals surface area contributed by atoms with Gasteiger partial charge in [-0.25, -0.2) is 13.4 Å². The number of phenolic OH excluding ortho intramolecular Hbond substituents is 1. The summed E-state index contributed by atoms with van der Waals surface area (Å²) in [7, 11) is -3.70. The molecule has 0 aliphatic heterocycles. The molecular formula is C14H12N2O3S2. The Labute approximate surface area is 125 Å². The predicted octanol–water partition coefficient (Wildman–Crippen LogP) is 3.11. The largest absolute Gasteiger partial charge is 0.508 e. The topological polar surface area (TPSA) is 79.3 Å². The van der Waals surface area contributed by atoms with Crippen LogP contribution in [0, 0.1) is 6.92 Å². The van der Waals surface area contributed by atoms with Gasteiger partial charge in [0, 0.05) is 0 Å². The second-order valence-corrected chi connectivity index (χ2v) is 7.30. The fraction of sp³-hybridized carbons (Fsp3) is 0.0714. The van der Waals surface area contributed by atoms with E-state index in [2.05, 4.69) is 9.71 Å². The van der Waals surface area contributed by atoms with Crippen LogP contribution in [0.5, 0.6) is 5.75 Å². The molecule has 0 radical (unpaired) electrons. The van der Waals surface area contributed by atoms with E-state index < -0.39 is 10.0 Å². The zero-order valence-corrected chi connectivity index (χ0v) is 12.7. The maximum absolute atomic E-state index is 12.2. The van der Waals surface area contributed by atoms with Gasteiger partial charge in [-0.05, 0) is 48.9 Å². The quantitative estimate of drug-likeness (QED) is 0.777. The van der Waals surface area contributed by atoms with Crippen LogP contribution in [0.2, 0.25) is 0 Å². The third-order valence-corrected chi connectivity index (χ3v) is 5.33. The fourth-order valence-corrected chi connectivity index (χ4v) is 4.07. The number of phenols is 1. The number of nitrogens with zero attached hydrogens (tertiary/aromatic N) is 1. The number of sulfonamides is 1. The molecule has 0 unspecified atom stereocenters. The van der Waals surface area contributed by atoms with Crippen LogP contribution in [0.3, 0.4) is 0 Å². The van der Waals surface area contributed by atoms with Gasteiger partial charge >= 0.3 is 0 Å². The number of anilines is 1. The molecule has 0 spiro atoms. The summed E-state index contributed by atoms with van der Waals surface area (Å²) in [6, 6.07) is 11.1. The average Bonchev–Trinajstić information content (AvgIpc) is 2.79. The molecule has 0 saturated heterocycles. The lowest BCUT2D eigenvalue weighted by molar-refractivity contribution is 0.475. The minimum absolute atomic E-state index is 0.0180. The number of aryl methyl sites for hydroxylation is 1. The number of aromatic nitrogens is 1. The summed E-state index contributed by atoms with van der Waals surface area (Å²) >= 11 is 1.29. The summed E-state index contributed by atoms with van der Waals surface area (Å²) in [5.74, 6) is 0.0180. The van der Waals surface area contributed by atoms with E-state index >= 15 is 0 Å². The van der Waals surface area contributed by atoms with E-state index in [1.54, 1.807) is 0 Å². The molecule has 3 rings (SSSR count). The normalized spacial score (nSPS) is 11.7. The van der Waals surface area contributed by atoms with Crippen molar-refractivity contribution in [1.82, 2.24) is 4.98 Å². The van der Waals surface area contributed by atoms with Crippen LogP contribution in [-0.2, 0) is 10.0 Å². The van der Waals surface area contributed by atoms with E-state index in [4.69, 9.17) is 0 Å². The third-order valence-electron chi connectivity index (χ3n) is 2.91. The molecule has 0 saturated carbocycles. The van der Waals surface area contributed by atoms with Crippen LogP contribution < -0.4 is 4.72 Å². The molecule has 0 atom stereocenters. The van der Waals surface area contributed by atoms with E-state index in [1.165, 1.54) is 35.6 Å². The molecule has 108 valence electrons. The van der Waals surface area contributed by atoms with Gasteiger partial charge in [-0.2, -0.15) is 0 Å². The van der Waals surface area contributed by atoms with Crippen LogP contribution in [0.4, 0.5) is 5.13 Å². The average molecular weight is 320 g/mol. The van der Waals surface area contributed by atoms with Crippen LogP contribution >= 0.6 is 11.3 Å². The zero-order chi connectivity index (χ0) is 15.0. The van der Waals surface area contributed by atoms with E-state index in [1.807, 2.05) is 25.1 Å². The number of hydrogen-bond donors (Lipinski definition) is 2. The third kappa shape index (κ3) is 2.84. The van der Waals surface area contributed by atoms with Gasteiger partial charge in [0.25, 0.3) is 10.0 Å². The summed E-state index contributed by atoms with van der Waals surface area (Å²) in [6.07, 6.45) is 0. The van der Waals surface area contributed by atoms with Crippen molar-refractivity contribution in [1.29, 1.82) is 0 Å². The van der Waals surface area contributed by atoms with Crippen LogP contribution in [0.1, 0.15) is 5.56 Å². The van der Waals surface area contributed by atoms with Gasteiger partial charge in [-0.15, -0.1) is 0 Å². The molecular weight excluding hydrogens is 308 g/mol. The summed E-state index contributed by atoms with van der Waals surface area (Å²) in [6.45, 7) is 1.97. The summed E-state index contributed by atoms with van der Waals surface area (Å²) in [5.41, 5.74) is 1.85. The molecule has 21 heavy (non-hydrogen) atoms. The first kappa shape index (κ1) is 13.8. The number of benzene rings is 2. The Morgan fingerprint density at radius 1 is 1.14 bits per heavy atom. The van der Waals surface area contributed by atoms with Crippen molar-refractivity contribution in [2.75, 3.05) is 4.72 Å². The van der Waals surface area contributed by atoms with Crippen molar-refractivity contribution in [3.8, 4) is 5.75 Å². The van der Waals surface area contributed by atoms with Gasteiger partial charge in [-0.1, -0.05) is 17.4 Å². The van der Waals surface area contributed by atoms with Crippen LogP contribution in [0.15, 0.2) is 47.4 Å². The predicted molar refractivity (Wildman–Crippen MR) is 83.3 cm³/mol. The number of rotatable bonds is 3. The molecule has 0 amide bonds. The zero-order valence-electron chi connectivity index (χ0n) is 11.1. The molecule has 2 N–H and O–H groups in total. The number of hydrogen-bond acceptors (Lipinski definition) is 5. The van der Waals surface area contributed by atoms with Crippen molar-refractivity contribution in [3.05, 3.63) is 48.0 Å². The first-order valence-corrected chi connectivity index (χ1v) is 8.43. The van der Waals surface area contributed by atoms with Crippen LogP contribution in [-0.4, -0.2) is 18.5 Å². The van der Waals surface area contributed by atoms with Gasteiger partial charge in [-0.3, -0.25) is 4.72 Å². The van der Waals surface area contributed by atoms with Gasteiger partial charge in [0.2, 0.25) is 0 Å². The van der Waals surface area contributed by atoms with Crippen LogP contribution in [0.25, 0.3) is 10.2 Å². The maximum atomic E-state index is 12.2. The number of aromatic hydroxyl groups is 1. The highest BCUT2D eigenvalue weighted by Crippen LogP contribution is 2.28. The minimum atomic E-state index is -3.70. The molecule has 7 heteroatoms. The summed E-state index contributed by atoms with van der Waals surface area (Å²) in [4.78, 5) is 4.34. The lowest BCUT2D eigenvalue weighted by Crippen LogP contribution is -2.12. The molecule has 0 aliphatic carbocycles.